The van der Waals surface area contributed by atoms with Crippen LogP contribution in [0.1, 0.15) is 6.92 Å². The number of hydrogen-bond acceptors (Lipinski definition) is 5. The Labute approximate surface area is 114 Å². The van der Waals surface area contributed by atoms with Crippen LogP contribution in [0.4, 0.5) is 0 Å². The fourth-order valence-corrected chi connectivity index (χ4v) is 2.65. The summed E-state index contributed by atoms with van der Waals surface area (Å²) in [6.07, 6.45) is 0.198. The van der Waals surface area contributed by atoms with Gasteiger partial charge in [0.25, 0.3) is 0 Å². The van der Waals surface area contributed by atoms with E-state index in [0.29, 0.717) is 17.7 Å². The second-order valence-corrected chi connectivity index (χ2v) is 5.38. The minimum atomic E-state index is -0.0976. The van der Waals surface area contributed by atoms with Crippen LogP contribution in [-0.2, 0) is 9.47 Å². The Morgan fingerprint density at radius 3 is 2.67 bits per heavy atom. The first-order valence-electron chi connectivity index (χ1n) is 6.66. The van der Waals surface area contributed by atoms with Gasteiger partial charge in [-0.25, -0.2) is 0 Å². The van der Waals surface area contributed by atoms with Crippen molar-refractivity contribution < 1.29 is 9.47 Å². The molecule has 0 amide bonds. The monoisotopic (exact) mass is 273 g/mol. The number of ether oxygens (including phenoxy) is 2. The molecule has 2 saturated heterocycles. The number of rotatable bonds is 4. The van der Waals surface area contributed by atoms with Gasteiger partial charge in [-0.2, -0.15) is 0 Å². The second-order valence-electron chi connectivity index (χ2n) is 4.91. The van der Waals surface area contributed by atoms with Crippen molar-refractivity contribution in [2.24, 2.45) is 5.73 Å². The van der Waals surface area contributed by atoms with Crippen LogP contribution in [-0.4, -0.2) is 79.5 Å². The van der Waals surface area contributed by atoms with Crippen LogP contribution in [0.5, 0.6) is 0 Å². The zero-order chi connectivity index (χ0) is 13.0. The SMILES string of the molecule is CCN1CCOC(CN2CCOC(C(N)=S)C2)C1. The molecule has 2 rings (SSSR count). The quantitative estimate of drug-likeness (QED) is 0.710. The molecule has 5 nitrogen and oxygen atoms in total. The van der Waals surface area contributed by atoms with Crippen molar-refractivity contribution in [3.8, 4) is 0 Å². The Balaban J connectivity index is 1.79. The van der Waals surface area contributed by atoms with Crippen LogP contribution in [0.15, 0.2) is 0 Å². The fraction of sp³-hybridized carbons (Fsp3) is 0.917. The molecule has 0 bridgehead atoms. The van der Waals surface area contributed by atoms with Crippen LogP contribution in [0.25, 0.3) is 0 Å². The van der Waals surface area contributed by atoms with Gasteiger partial charge in [-0.05, 0) is 6.54 Å². The molecular formula is C12H23N3O2S. The van der Waals surface area contributed by atoms with Crippen LogP contribution < -0.4 is 5.73 Å². The molecule has 0 aromatic rings. The number of nitrogens with zero attached hydrogens (tertiary/aromatic N) is 2. The summed E-state index contributed by atoms with van der Waals surface area (Å²) in [5, 5.41) is 0. The number of thiocarbonyl (C=S) groups is 1. The summed E-state index contributed by atoms with van der Waals surface area (Å²) in [7, 11) is 0. The first kappa shape index (κ1) is 14.1. The summed E-state index contributed by atoms with van der Waals surface area (Å²) in [5.41, 5.74) is 5.65. The molecule has 18 heavy (non-hydrogen) atoms. The number of hydrogen-bond donors (Lipinski definition) is 1. The third-order valence-electron chi connectivity index (χ3n) is 3.60. The predicted octanol–water partition coefficient (Wildman–Crippen LogP) is -0.306. The summed E-state index contributed by atoms with van der Waals surface area (Å²) < 4.78 is 11.4. The molecule has 104 valence electrons. The molecule has 2 fully saturated rings. The van der Waals surface area contributed by atoms with Gasteiger partial charge in [-0.3, -0.25) is 9.80 Å². The minimum absolute atomic E-state index is 0.0976. The second kappa shape index (κ2) is 6.77. The van der Waals surface area contributed by atoms with Gasteiger partial charge in [0.05, 0.1) is 19.3 Å². The fourth-order valence-electron chi connectivity index (χ4n) is 2.51. The van der Waals surface area contributed by atoms with Gasteiger partial charge in [0.1, 0.15) is 11.1 Å². The molecule has 2 aliphatic rings. The molecular weight excluding hydrogens is 250 g/mol. The van der Waals surface area contributed by atoms with E-state index in [2.05, 4.69) is 16.7 Å². The molecule has 2 atom stereocenters. The highest BCUT2D eigenvalue weighted by Gasteiger charge is 2.27. The third kappa shape index (κ3) is 3.86. The zero-order valence-corrected chi connectivity index (χ0v) is 11.8. The number of nitrogens with two attached hydrogens (primary N) is 1. The molecule has 2 unspecified atom stereocenters. The lowest BCUT2D eigenvalue weighted by molar-refractivity contribution is -0.0622. The highest BCUT2D eigenvalue weighted by atomic mass is 32.1. The summed E-state index contributed by atoms with van der Waals surface area (Å²) in [6.45, 7) is 9.56. The van der Waals surface area contributed by atoms with Crippen molar-refractivity contribution in [3.63, 3.8) is 0 Å². The molecule has 0 saturated carbocycles. The molecule has 0 spiro atoms. The largest absolute Gasteiger partial charge is 0.391 e. The summed E-state index contributed by atoms with van der Waals surface area (Å²) >= 11 is 5.00. The first-order valence-corrected chi connectivity index (χ1v) is 7.07. The van der Waals surface area contributed by atoms with Gasteiger partial charge in [-0.15, -0.1) is 0 Å². The zero-order valence-electron chi connectivity index (χ0n) is 11.0. The smallest absolute Gasteiger partial charge is 0.120 e. The maximum Gasteiger partial charge on any atom is 0.120 e. The Morgan fingerprint density at radius 1 is 1.22 bits per heavy atom. The summed E-state index contributed by atoms with van der Waals surface area (Å²) in [6, 6.07) is 0. The molecule has 0 aliphatic carbocycles. The van der Waals surface area contributed by atoms with E-state index in [1.54, 1.807) is 0 Å². The van der Waals surface area contributed by atoms with Crippen molar-refractivity contribution >= 4 is 17.2 Å². The minimum Gasteiger partial charge on any atom is -0.391 e. The first-order chi connectivity index (χ1) is 8.69. The maximum atomic E-state index is 5.82. The van der Waals surface area contributed by atoms with Crippen molar-refractivity contribution in [1.82, 2.24) is 9.80 Å². The average Bonchev–Trinajstić information content (AvgIpc) is 2.39. The topological polar surface area (TPSA) is 51.0 Å². The Morgan fingerprint density at radius 2 is 1.94 bits per heavy atom. The molecule has 0 radical (unpaired) electrons. The van der Waals surface area contributed by atoms with E-state index >= 15 is 0 Å². The van der Waals surface area contributed by atoms with Crippen molar-refractivity contribution in [2.75, 3.05) is 52.5 Å². The van der Waals surface area contributed by atoms with E-state index in [4.69, 9.17) is 27.4 Å². The van der Waals surface area contributed by atoms with Crippen molar-refractivity contribution in [2.45, 2.75) is 19.1 Å². The lowest BCUT2D eigenvalue weighted by Crippen LogP contribution is -2.53. The maximum absolute atomic E-state index is 5.82. The van der Waals surface area contributed by atoms with E-state index in [0.717, 1.165) is 45.9 Å². The highest BCUT2D eigenvalue weighted by molar-refractivity contribution is 7.80. The molecule has 2 aliphatic heterocycles. The molecule has 2 N–H and O–H groups in total. The van der Waals surface area contributed by atoms with E-state index in [-0.39, 0.29) is 6.10 Å². The van der Waals surface area contributed by atoms with Crippen LogP contribution >= 0.6 is 12.2 Å². The molecule has 0 aromatic carbocycles. The Kier molecular flexibility index (Phi) is 5.32. The van der Waals surface area contributed by atoms with E-state index < -0.39 is 0 Å². The van der Waals surface area contributed by atoms with Gasteiger partial charge in [0.2, 0.25) is 0 Å². The number of likely N-dealkylation sites (N-methyl/N-ethyl adjacent to an activating group) is 1. The van der Waals surface area contributed by atoms with Gasteiger partial charge >= 0.3 is 0 Å². The lowest BCUT2D eigenvalue weighted by Gasteiger charge is -2.38. The third-order valence-corrected chi connectivity index (χ3v) is 3.86. The van der Waals surface area contributed by atoms with E-state index in [9.17, 15) is 0 Å². The van der Waals surface area contributed by atoms with Gasteiger partial charge < -0.3 is 15.2 Å². The van der Waals surface area contributed by atoms with Gasteiger partial charge in [-0.1, -0.05) is 19.1 Å². The lowest BCUT2D eigenvalue weighted by atomic mass is 10.2. The normalized spacial score (nSPS) is 31.4. The molecule has 2 heterocycles. The van der Waals surface area contributed by atoms with Crippen molar-refractivity contribution in [3.05, 3.63) is 0 Å². The molecule has 0 aromatic heterocycles. The standard InChI is InChI=1S/C12H23N3O2S/c1-2-14-3-5-16-10(7-14)8-15-4-6-17-11(9-15)12(13)18/h10-11H,2-9H2,1H3,(H2,13,18). The van der Waals surface area contributed by atoms with Crippen LogP contribution in [0.2, 0.25) is 0 Å². The summed E-state index contributed by atoms with van der Waals surface area (Å²) in [5.74, 6) is 0. The number of morpholine rings is 2. The Hall–Kier alpha value is -0.270. The highest BCUT2D eigenvalue weighted by Crippen LogP contribution is 2.11. The van der Waals surface area contributed by atoms with E-state index in [1.807, 2.05) is 0 Å². The van der Waals surface area contributed by atoms with Crippen LogP contribution in [0, 0.1) is 0 Å². The van der Waals surface area contributed by atoms with Crippen LogP contribution in [0.3, 0.4) is 0 Å². The van der Waals surface area contributed by atoms with E-state index in [1.165, 1.54) is 0 Å². The average molecular weight is 273 g/mol. The van der Waals surface area contributed by atoms with Gasteiger partial charge in [0.15, 0.2) is 0 Å². The predicted molar refractivity (Wildman–Crippen MR) is 74.8 cm³/mol. The van der Waals surface area contributed by atoms with Crippen molar-refractivity contribution in [1.29, 1.82) is 0 Å². The Bertz CT molecular complexity index is 290. The summed E-state index contributed by atoms with van der Waals surface area (Å²) in [4.78, 5) is 5.23. The molecule has 6 heteroatoms. The van der Waals surface area contributed by atoms with Gasteiger partial charge in [0, 0.05) is 32.7 Å².